The van der Waals surface area contributed by atoms with Crippen molar-refractivity contribution < 1.29 is 14.7 Å². The number of carbonyl (C=O) groups excluding carboxylic acids is 2. The molecule has 1 aliphatic rings. The zero-order valence-corrected chi connectivity index (χ0v) is 18.4. The predicted molar refractivity (Wildman–Crippen MR) is 121 cm³/mol. The summed E-state index contributed by atoms with van der Waals surface area (Å²) in [5, 5.41) is 13.3. The molecule has 2 heterocycles. The number of aromatic hydroxyl groups is 1. The third-order valence-electron chi connectivity index (χ3n) is 5.86. The molecule has 32 heavy (non-hydrogen) atoms. The molecular weight excluding hydrogens is 434 g/mol. The van der Waals surface area contributed by atoms with Crippen LogP contribution in [0, 0.1) is 0 Å². The van der Waals surface area contributed by atoms with E-state index in [9.17, 15) is 19.5 Å². The number of carbonyl (C=O) groups is 2. The zero-order chi connectivity index (χ0) is 23.0. The van der Waals surface area contributed by atoms with E-state index in [-0.39, 0.29) is 40.0 Å². The van der Waals surface area contributed by atoms with Crippen molar-refractivity contribution in [2.45, 2.75) is 44.7 Å². The molecule has 0 bridgehead atoms. The third-order valence-corrected chi connectivity index (χ3v) is 6.15. The maximum atomic E-state index is 12.9. The fraction of sp³-hybridized carbons (Fsp3) is 0.364. The number of phenols is 1. The fourth-order valence-corrected chi connectivity index (χ4v) is 4.44. The SMILES string of the molecule is Cn1cnc2c(c(-c3cc(Cl)c(O)c(C(N)=O)c3)cn2CC(=O)NC2CCCCC2)c1=O. The first kappa shape index (κ1) is 21.9. The highest BCUT2D eigenvalue weighted by molar-refractivity contribution is 6.33. The first-order valence-electron chi connectivity index (χ1n) is 10.4. The molecule has 1 aliphatic carbocycles. The lowest BCUT2D eigenvalue weighted by Crippen LogP contribution is -2.38. The van der Waals surface area contributed by atoms with Crippen LogP contribution >= 0.6 is 11.6 Å². The van der Waals surface area contributed by atoms with E-state index in [1.165, 1.54) is 29.4 Å². The van der Waals surface area contributed by atoms with Crippen molar-refractivity contribution in [3.63, 3.8) is 0 Å². The number of halogens is 1. The Hall–Kier alpha value is -3.33. The summed E-state index contributed by atoms with van der Waals surface area (Å²) in [6, 6.07) is 2.97. The van der Waals surface area contributed by atoms with Crippen LogP contribution in [-0.2, 0) is 18.4 Å². The van der Waals surface area contributed by atoms with Crippen molar-refractivity contribution in [2.24, 2.45) is 12.8 Å². The molecule has 0 unspecified atom stereocenters. The van der Waals surface area contributed by atoms with Gasteiger partial charge in [0.05, 0.1) is 22.3 Å². The Kier molecular flexibility index (Phi) is 5.92. The number of nitrogens with zero attached hydrogens (tertiary/aromatic N) is 3. The number of nitrogens with two attached hydrogens (primary N) is 1. The second kappa shape index (κ2) is 8.66. The van der Waals surface area contributed by atoms with Crippen molar-refractivity contribution >= 4 is 34.4 Å². The lowest BCUT2D eigenvalue weighted by Gasteiger charge is -2.22. The van der Waals surface area contributed by atoms with Gasteiger partial charge in [0, 0.05) is 24.8 Å². The summed E-state index contributed by atoms with van der Waals surface area (Å²) >= 11 is 6.11. The molecular formula is C22H24ClN5O4. The van der Waals surface area contributed by atoms with Crippen LogP contribution in [0.5, 0.6) is 5.75 Å². The van der Waals surface area contributed by atoms with Gasteiger partial charge in [0.25, 0.3) is 11.5 Å². The number of hydrogen-bond acceptors (Lipinski definition) is 5. The van der Waals surface area contributed by atoms with Crippen LogP contribution < -0.4 is 16.6 Å². The minimum absolute atomic E-state index is 0.0122. The van der Waals surface area contributed by atoms with E-state index in [1.54, 1.807) is 17.8 Å². The summed E-state index contributed by atoms with van der Waals surface area (Å²) in [5.41, 5.74) is 6.06. The van der Waals surface area contributed by atoms with E-state index in [0.717, 1.165) is 25.7 Å². The smallest absolute Gasteiger partial charge is 0.263 e. The normalized spacial score (nSPS) is 14.6. The molecule has 0 atom stereocenters. The zero-order valence-electron chi connectivity index (χ0n) is 17.6. The van der Waals surface area contributed by atoms with Crippen LogP contribution in [0.25, 0.3) is 22.2 Å². The molecule has 3 aromatic rings. The highest BCUT2D eigenvalue weighted by Gasteiger charge is 2.22. The van der Waals surface area contributed by atoms with Crippen LogP contribution in [-0.4, -0.2) is 37.1 Å². The minimum Gasteiger partial charge on any atom is -0.506 e. The van der Waals surface area contributed by atoms with Gasteiger partial charge in [-0.05, 0) is 30.5 Å². The van der Waals surface area contributed by atoms with Crippen molar-refractivity contribution in [1.29, 1.82) is 0 Å². The predicted octanol–water partition coefficient (Wildman–Crippen LogP) is 2.31. The molecule has 4 rings (SSSR count). The van der Waals surface area contributed by atoms with Gasteiger partial charge in [0.1, 0.15) is 17.9 Å². The van der Waals surface area contributed by atoms with Crippen molar-refractivity contribution in [3.8, 4) is 16.9 Å². The van der Waals surface area contributed by atoms with Gasteiger partial charge in [-0.1, -0.05) is 30.9 Å². The molecule has 1 fully saturated rings. The van der Waals surface area contributed by atoms with Gasteiger partial charge in [-0.25, -0.2) is 4.98 Å². The van der Waals surface area contributed by atoms with Gasteiger partial charge >= 0.3 is 0 Å². The molecule has 4 N–H and O–H groups in total. The average Bonchev–Trinajstić information content (AvgIpc) is 3.11. The topological polar surface area (TPSA) is 132 Å². The summed E-state index contributed by atoms with van der Waals surface area (Å²) in [5.74, 6) is -1.44. The highest BCUT2D eigenvalue weighted by atomic mass is 35.5. The first-order chi connectivity index (χ1) is 15.3. The standard InChI is InChI=1S/C22H24ClN5O4/c1-27-11-25-21-18(22(27)32)15(12-7-14(20(24)31)19(30)16(23)8-12)9-28(21)10-17(29)26-13-5-3-2-4-6-13/h7-9,11,13,30H,2-6,10H2,1H3,(H2,24,31)(H,26,29). The molecule has 0 saturated heterocycles. The van der Waals surface area contributed by atoms with E-state index in [0.29, 0.717) is 16.8 Å². The van der Waals surface area contributed by atoms with E-state index in [1.807, 2.05) is 0 Å². The molecule has 1 aromatic carbocycles. The van der Waals surface area contributed by atoms with Gasteiger partial charge in [0.2, 0.25) is 5.91 Å². The van der Waals surface area contributed by atoms with E-state index >= 15 is 0 Å². The number of hydrogen-bond donors (Lipinski definition) is 3. The lowest BCUT2D eigenvalue weighted by atomic mass is 9.95. The Morgan fingerprint density at radius 2 is 2.00 bits per heavy atom. The average molecular weight is 458 g/mol. The number of rotatable bonds is 5. The summed E-state index contributed by atoms with van der Waals surface area (Å²) in [6.07, 6.45) is 8.34. The summed E-state index contributed by atoms with van der Waals surface area (Å²) < 4.78 is 2.93. The fourth-order valence-electron chi connectivity index (χ4n) is 4.22. The van der Waals surface area contributed by atoms with E-state index in [2.05, 4.69) is 10.3 Å². The number of fused-ring (bicyclic) bond motifs is 1. The Bertz CT molecular complexity index is 1270. The Morgan fingerprint density at radius 3 is 2.69 bits per heavy atom. The van der Waals surface area contributed by atoms with Crippen molar-refractivity contribution in [3.05, 3.63) is 45.6 Å². The number of amides is 2. The van der Waals surface area contributed by atoms with Gasteiger partial charge in [-0.2, -0.15) is 0 Å². The first-order valence-corrected chi connectivity index (χ1v) is 10.8. The molecule has 168 valence electrons. The maximum absolute atomic E-state index is 12.9. The van der Waals surface area contributed by atoms with Gasteiger partial charge in [-0.15, -0.1) is 0 Å². The van der Waals surface area contributed by atoms with Crippen LogP contribution in [0.4, 0.5) is 0 Å². The van der Waals surface area contributed by atoms with Crippen molar-refractivity contribution in [2.75, 3.05) is 0 Å². The second-order valence-corrected chi connectivity index (χ2v) is 8.56. The number of nitrogens with one attached hydrogen (secondary N) is 1. The summed E-state index contributed by atoms with van der Waals surface area (Å²) in [7, 11) is 1.57. The maximum Gasteiger partial charge on any atom is 0.263 e. The molecule has 0 radical (unpaired) electrons. The van der Waals surface area contributed by atoms with E-state index in [4.69, 9.17) is 17.3 Å². The quantitative estimate of drug-likeness (QED) is 0.540. The molecule has 1 saturated carbocycles. The molecule has 2 amide bonds. The number of primary amides is 1. The van der Waals surface area contributed by atoms with Gasteiger partial charge < -0.3 is 25.3 Å². The Balaban J connectivity index is 1.79. The number of aromatic nitrogens is 3. The lowest BCUT2D eigenvalue weighted by molar-refractivity contribution is -0.122. The monoisotopic (exact) mass is 457 g/mol. The Morgan fingerprint density at radius 1 is 1.28 bits per heavy atom. The third kappa shape index (κ3) is 4.08. The van der Waals surface area contributed by atoms with Crippen molar-refractivity contribution in [1.82, 2.24) is 19.4 Å². The number of aryl methyl sites for hydroxylation is 1. The van der Waals surface area contributed by atoms with Crippen LogP contribution in [0.1, 0.15) is 42.5 Å². The molecule has 9 nitrogen and oxygen atoms in total. The minimum atomic E-state index is -0.854. The molecule has 10 heteroatoms. The highest BCUT2D eigenvalue weighted by Crippen LogP contribution is 2.35. The molecule has 2 aromatic heterocycles. The molecule has 0 aliphatic heterocycles. The largest absolute Gasteiger partial charge is 0.506 e. The van der Waals surface area contributed by atoms with Crippen LogP contribution in [0.15, 0.2) is 29.5 Å². The molecule has 0 spiro atoms. The van der Waals surface area contributed by atoms with E-state index < -0.39 is 11.7 Å². The van der Waals surface area contributed by atoms with Gasteiger partial charge in [-0.3, -0.25) is 14.4 Å². The van der Waals surface area contributed by atoms with Gasteiger partial charge in [0.15, 0.2) is 0 Å². The summed E-state index contributed by atoms with van der Waals surface area (Å²) in [6.45, 7) is -0.0122. The summed E-state index contributed by atoms with van der Waals surface area (Å²) in [4.78, 5) is 41.8. The second-order valence-electron chi connectivity index (χ2n) is 8.15. The van der Waals surface area contributed by atoms with Crippen LogP contribution in [0.2, 0.25) is 5.02 Å². The Labute approximate surface area is 188 Å². The van der Waals surface area contributed by atoms with Crippen LogP contribution in [0.3, 0.4) is 0 Å². The number of benzene rings is 1.